The fraction of sp³-hybridized carbons (Fsp3) is 0.882. The van der Waals surface area contributed by atoms with Gasteiger partial charge in [0.2, 0.25) is 16.6 Å². The molecule has 0 unspecified atom stereocenters. The van der Waals surface area contributed by atoms with Crippen LogP contribution in [0.4, 0.5) is 0 Å². The first-order valence-corrected chi connectivity index (χ1v) is 15.7. The maximum absolute atomic E-state index is 11.6. The van der Waals surface area contributed by atoms with Crippen molar-refractivity contribution >= 4 is 28.6 Å². The van der Waals surface area contributed by atoms with Gasteiger partial charge in [0.05, 0.1) is 0 Å². The van der Waals surface area contributed by atoms with Crippen molar-refractivity contribution in [2.45, 2.75) is 97.1 Å². The van der Waals surface area contributed by atoms with Gasteiger partial charge in [0.15, 0.2) is 0 Å². The first-order chi connectivity index (χ1) is 10.5. The van der Waals surface area contributed by atoms with Gasteiger partial charge >= 0.3 is 0 Å². The molecule has 0 saturated carbocycles. The Labute approximate surface area is 144 Å². The van der Waals surface area contributed by atoms with Crippen molar-refractivity contribution in [2.75, 3.05) is 0 Å². The molecule has 0 heterocycles. The minimum absolute atomic E-state index is 0.0370. The van der Waals surface area contributed by atoms with Crippen molar-refractivity contribution in [3.8, 4) is 0 Å². The molecule has 0 radical (unpaired) electrons. The summed E-state index contributed by atoms with van der Waals surface area (Å²) in [4.78, 5) is 23.1. The van der Waals surface area contributed by atoms with E-state index in [1.165, 1.54) is 6.42 Å². The molecule has 0 N–H and O–H groups in total. The summed E-state index contributed by atoms with van der Waals surface area (Å²) in [6.45, 7) is 12.2. The summed E-state index contributed by atoms with van der Waals surface area (Å²) in [5.41, 5.74) is 0. The van der Waals surface area contributed by atoms with E-state index >= 15 is 0 Å². The Balaban J connectivity index is 3.41. The first kappa shape index (κ1) is 22.4. The van der Waals surface area contributed by atoms with Crippen LogP contribution in [0.15, 0.2) is 0 Å². The molecule has 0 saturated heterocycles. The fourth-order valence-corrected chi connectivity index (χ4v) is 3.78. The van der Waals surface area contributed by atoms with Gasteiger partial charge < -0.3 is 8.85 Å². The third-order valence-corrected chi connectivity index (χ3v) is 4.78. The van der Waals surface area contributed by atoms with Crippen LogP contribution < -0.4 is 0 Å². The molecule has 0 aromatic carbocycles. The second kappa shape index (κ2) is 11.0. The zero-order chi connectivity index (χ0) is 17.9. The third-order valence-electron chi connectivity index (χ3n) is 3.10. The van der Waals surface area contributed by atoms with Crippen LogP contribution in [0.3, 0.4) is 0 Å². The van der Waals surface area contributed by atoms with Crippen LogP contribution in [0.5, 0.6) is 0 Å². The summed E-state index contributed by atoms with van der Waals surface area (Å²) in [5, 5.41) is 0. The van der Waals surface area contributed by atoms with E-state index in [1.54, 1.807) is 0 Å². The maximum Gasteiger partial charge on any atom is 0.292 e. The number of carbonyl (C=O) groups is 2. The molecule has 0 aromatic heterocycles. The molecule has 4 nitrogen and oxygen atoms in total. The van der Waals surface area contributed by atoms with Crippen LogP contribution in [-0.2, 0) is 18.4 Å². The van der Waals surface area contributed by atoms with Crippen molar-refractivity contribution in [3.63, 3.8) is 0 Å². The number of hydrogen-bond donors (Lipinski definition) is 0. The zero-order valence-electron chi connectivity index (χ0n) is 16.0. The maximum atomic E-state index is 11.6. The lowest BCUT2D eigenvalue weighted by Crippen LogP contribution is -2.28. The van der Waals surface area contributed by atoms with Crippen molar-refractivity contribution in [1.29, 1.82) is 0 Å². The van der Waals surface area contributed by atoms with Crippen molar-refractivity contribution in [1.82, 2.24) is 0 Å². The Hall–Kier alpha value is -0.626. The van der Waals surface area contributed by atoms with Crippen LogP contribution in [0, 0.1) is 0 Å². The van der Waals surface area contributed by atoms with Gasteiger partial charge in [-0.25, -0.2) is 0 Å². The highest BCUT2D eigenvalue weighted by molar-refractivity contribution is 6.71. The molecule has 0 aliphatic heterocycles. The van der Waals surface area contributed by atoms with E-state index < -0.39 is 16.6 Å². The quantitative estimate of drug-likeness (QED) is 0.352. The molecule has 23 heavy (non-hydrogen) atoms. The second-order valence-electron chi connectivity index (χ2n) is 8.15. The van der Waals surface area contributed by atoms with E-state index in [9.17, 15) is 9.59 Å². The predicted molar refractivity (Wildman–Crippen MR) is 100 cm³/mol. The Morgan fingerprint density at radius 2 is 0.826 bits per heavy atom. The molecule has 0 aliphatic rings. The number of unbranched alkanes of at least 4 members (excludes halogenated alkanes) is 6. The first-order valence-electron chi connectivity index (χ1n) is 8.93. The van der Waals surface area contributed by atoms with Gasteiger partial charge in [0.1, 0.15) is 0 Å². The summed E-state index contributed by atoms with van der Waals surface area (Å²) in [6, 6.07) is 0. The summed E-state index contributed by atoms with van der Waals surface area (Å²) >= 11 is 0. The Bertz CT molecular complexity index is 323. The summed E-state index contributed by atoms with van der Waals surface area (Å²) in [7, 11) is -3.44. The fourth-order valence-electron chi connectivity index (χ4n) is 2.21. The van der Waals surface area contributed by atoms with E-state index in [-0.39, 0.29) is 11.9 Å². The van der Waals surface area contributed by atoms with Crippen molar-refractivity contribution < 1.29 is 18.4 Å². The van der Waals surface area contributed by atoms with Crippen LogP contribution in [0.2, 0.25) is 39.3 Å². The lowest BCUT2D eigenvalue weighted by atomic mass is 10.1. The molecule has 0 spiro atoms. The van der Waals surface area contributed by atoms with Gasteiger partial charge in [-0.3, -0.25) is 9.59 Å². The van der Waals surface area contributed by atoms with E-state index in [4.69, 9.17) is 8.85 Å². The highest BCUT2D eigenvalue weighted by Gasteiger charge is 2.20. The second-order valence-corrected chi connectivity index (χ2v) is 17.0. The average Bonchev–Trinajstić information content (AvgIpc) is 2.32. The number of hydrogen-bond acceptors (Lipinski definition) is 4. The average molecular weight is 361 g/mol. The topological polar surface area (TPSA) is 52.6 Å². The largest absolute Gasteiger partial charge is 0.520 e. The molecule has 0 aliphatic carbocycles. The minimum Gasteiger partial charge on any atom is -0.520 e. The van der Waals surface area contributed by atoms with Gasteiger partial charge in [-0.15, -0.1) is 0 Å². The van der Waals surface area contributed by atoms with E-state index in [1.807, 2.05) is 39.3 Å². The molecule has 6 heteroatoms. The lowest BCUT2D eigenvalue weighted by molar-refractivity contribution is -0.136. The lowest BCUT2D eigenvalue weighted by Gasteiger charge is -2.17. The van der Waals surface area contributed by atoms with Gasteiger partial charge in [0, 0.05) is 12.8 Å². The normalized spacial score (nSPS) is 12.1. The van der Waals surface area contributed by atoms with Gasteiger partial charge in [0.25, 0.3) is 11.9 Å². The molecule has 0 rings (SSSR count). The molecule has 0 atom stereocenters. The third kappa shape index (κ3) is 17.6. The predicted octanol–water partition coefficient (Wildman–Crippen LogP) is 5.25. The Morgan fingerprint density at radius 1 is 0.565 bits per heavy atom. The standard InChI is InChI=1S/C17H36O4Si2/c1-22(2,3)20-16(18)14-12-10-8-7-9-11-13-15-17(19)21-23(4,5)6/h7-15H2,1-6H3. The number of carbonyl (C=O) groups excluding carboxylic acids is 2. The summed E-state index contributed by atoms with van der Waals surface area (Å²) in [5.74, 6) is -0.0739. The van der Waals surface area contributed by atoms with Crippen LogP contribution in [0.1, 0.15) is 57.8 Å². The van der Waals surface area contributed by atoms with Crippen LogP contribution in [-0.4, -0.2) is 28.6 Å². The monoisotopic (exact) mass is 360 g/mol. The molecule has 0 bridgehead atoms. The Morgan fingerprint density at radius 3 is 1.09 bits per heavy atom. The minimum atomic E-state index is -1.72. The Kier molecular flexibility index (Phi) is 10.7. The smallest absolute Gasteiger partial charge is 0.292 e. The molecular formula is C17H36O4Si2. The van der Waals surface area contributed by atoms with Crippen LogP contribution in [0.25, 0.3) is 0 Å². The number of rotatable bonds is 12. The van der Waals surface area contributed by atoms with E-state index in [0.29, 0.717) is 12.8 Å². The molecule has 0 fully saturated rings. The zero-order valence-corrected chi connectivity index (χ0v) is 18.0. The summed E-state index contributed by atoms with van der Waals surface area (Å²) in [6.07, 6.45) is 8.58. The van der Waals surface area contributed by atoms with Gasteiger partial charge in [-0.2, -0.15) is 0 Å². The SMILES string of the molecule is C[Si](C)(C)OC(=O)CCCCCCCCCC(=O)O[Si](C)(C)C. The highest BCUT2D eigenvalue weighted by atomic mass is 28.4. The van der Waals surface area contributed by atoms with E-state index in [2.05, 4.69) is 0 Å². The molecular weight excluding hydrogens is 324 g/mol. The molecule has 0 amide bonds. The molecule has 136 valence electrons. The van der Waals surface area contributed by atoms with Gasteiger partial charge in [-0.1, -0.05) is 32.1 Å². The highest BCUT2D eigenvalue weighted by Crippen LogP contribution is 2.13. The van der Waals surface area contributed by atoms with Gasteiger partial charge in [-0.05, 0) is 52.1 Å². The van der Waals surface area contributed by atoms with E-state index in [0.717, 1.165) is 38.5 Å². The molecule has 0 aromatic rings. The van der Waals surface area contributed by atoms with Crippen molar-refractivity contribution in [3.05, 3.63) is 0 Å². The van der Waals surface area contributed by atoms with Crippen LogP contribution >= 0.6 is 0 Å². The van der Waals surface area contributed by atoms with Crippen molar-refractivity contribution in [2.24, 2.45) is 0 Å². The summed E-state index contributed by atoms with van der Waals surface area (Å²) < 4.78 is 10.8.